The van der Waals surface area contributed by atoms with Crippen molar-refractivity contribution in [1.29, 1.82) is 0 Å². The summed E-state index contributed by atoms with van der Waals surface area (Å²) in [4.78, 5) is 17.3. The molecule has 0 radical (unpaired) electrons. The highest BCUT2D eigenvalue weighted by molar-refractivity contribution is 6.10. The molecule has 23 heavy (non-hydrogen) atoms. The Morgan fingerprint density at radius 3 is 2.83 bits per heavy atom. The van der Waals surface area contributed by atoms with Gasteiger partial charge in [-0.1, -0.05) is 30.4 Å². The van der Waals surface area contributed by atoms with E-state index < -0.39 is 23.5 Å². The number of carbonyl (C=O) groups is 1. The van der Waals surface area contributed by atoms with Gasteiger partial charge in [0.2, 0.25) is 0 Å². The monoisotopic (exact) mass is 320 g/mol. The van der Waals surface area contributed by atoms with Crippen molar-refractivity contribution >= 4 is 17.3 Å². The molecule has 2 heterocycles. The number of rotatable bonds is 0. The number of piperidine rings is 1. The van der Waals surface area contributed by atoms with E-state index in [1.165, 1.54) is 0 Å². The lowest BCUT2D eigenvalue weighted by Gasteiger charge is -2.50. The fraction of sp³-hybridized carbons (Fsp3) is 0.412. The molecular weight excluding hydrogens is 305 g/mol. The predicted molar refractivity (Wildman–Crippen MR) is 79.8 cm³/mol. The number of nitrogens with zero attached hydrogens (tertiary/aromatic N) is 2. The molecule has 2 fully saturated rings. The number of hydrogen-bond donors (Lipinski definition) is 0. The van der Waals surface area contributed by atoms with Crippen molar-refractivity contribution < 1.29 is 18.0 Å². The average Bonchev–Trinajstić information content (AvgIpc) is 2.86. The molecule has 3 aliphatic rings. The van der Waals surface area contributed by atoms with Gasteiger partial charge in [0.15, 0.2) is 0 Å². The lowest BCUT2D eigenvalue weighted by Crippen LogP contribution is -2.62. The molecule has 3 nitrogen and oxygen atoms in total. The number of para-hydroxylation sites is 1. The van der Waals surface area contributed by atoms with Gasteiger partial charge in [-0.2, -0.15) is 13.2 Å². The first-order valence-electron chi connectivity index (χ1n) is 7.60. The molecule has 1 saturated heterocycles. The van der Waals surface area contributed by atoms with Crippen molar-refractivity contribution in [3.63, 3.8) is 0 Å². The second-order valence-corrected chi connectivity index (χ2v) is 6.32. The third-order valence-electron chi connectivity index (χ3n) is 5.29. The van der Waals surface area contributed by atoms with Crippen LogP contribution in [0, 0.1) is 0 Å². The van der Waals surface area contributed by atoms with E-state index in [-0.39, 0.29) is 6.54 Å². The van der Waals surface area contributed by atoms with Gasteiger partial charge < -0.3 is 4.90 Å². The van der Waals surface area contributed by atoms with Crippen molar-refractivity contribution in [3.05, 3.63) is 42.0 Å². The number of aliphatic imine (C=N–C) groups is 1. The van der Waals surface area contributed by atoms with Crippen molar-refractivity contribution in [2.45, 2.75) is 36.9 Å². The quantitative estimate of drug-likeness (QED) is 0.673. The molecular formula is C17H15F3N2O. The van der Waals surface area contributed by atoms with E-state index in [9.17, 15) is 18.0 Å². The Morgan fingerprint density at radius 1 is 1.35 bits per heavy atom. The topological polar surface area (TPSA) is 32.7 Å². The fourth-order valence-corrected chi connectivity index (χ4v) is 4.28. The van der Waals surface area contributed by atoms with Crippen LogP contribution in [0.25, 0.3) is 0 Å². The summed E-state index contributed by atoms with van der Waals surface area (Å²) in [5.74, 6) is -1.76. The molecule has 1 aliphatic carbocycles. The molecule has 1 aromatic carbocycles. The minimum Gasteiger partial charge on any atom is -0.326 e. The standard InChI is InChI=1S/C17H15F3N2O/c1-10-6-7-13-14-16(10,11-4-2-3-5-12(11)21-14)8-9-22(13)15(23)17(18,19)20/h2-5,13H,1,6-9H2/t13?,16-/m0/s1. The Labute approximate surface area is 131 Å². The molecule has 0 N–H and O–H groups in total. The Balaban J connectivity index is 1.82. The van der Waals surface area contributed by atoms with Gasteiger partial charge in [0.1, 0.15) is 0 Å². The number of alkyl halides is 3. The number of halogens is 3. The third kappa shape index (κ3) is 1.77. The van der Waals surface area contributed by atoms with E-state index in [1.807, 2.05) is 24.3 Å². The molecule has 0 aromatic heterocycles. The van der Waals surface area contributed by atoms with Gasteiger partial charge in [-0.25, -0.2) is 0 Å². The Morgan fingerprint density at radius 2 is 2.09 bits per heavy atom. The normalized spacial score (nSPS) is 29.0. The number of amides is 1. The summed E-state index contributed by atoms with van der Waals surface area (Å²) >= 11 is 0. The minimum atomic E-state index is -4.85. The van der Waals surface area contributed by atoms with Gasteiger partial charge in [0.25, 0.3) is 0 Å². The van der Waals surface area contributed by atoms with Gasteiger partial charge in [-0.15, -0.1) is 0 Å². The second-order valence-electron chi connectivity index (χ2n) is 6.32. The second kappa shape index (κ2) is 4.46. The van der Waals surface area contributed by atoms with Gasteiger partial charge in [-0.05, 0) is 30.9 Å². The van der Waals surface area contributed by atoms with E-state index in [0.29, 0.717) is 25.0 Å². The first-order valence-corrected chi connectivity index (χ1v) is 7.60. The highest BCUT2D eigenvalue weighted by Crippen LogP contribution is 2.54. The van der Waals surface area contributed by atoms with Crippen LogP contribution < -0.4 is 0 Å². The van der Waals surface area contributed by atoms with Crippen LogP contribution in [0.4, 0.5) is 18.9 Å². The highest BCUT2D eigenvalue weighted by atomic mass is 19.4. The van der Waals surface area contributed by atoms with E-state index in [1.54, 1.807) is 0 Å². The number of benzene rings is 1. The molecule has 2 bridgehead atoms. The maximum Gasteiger partial charge on any atom is 0.471 e. The summed E-state index contributed by atoms with van der Waals surface area (Å²) < 4.78 is 38.7. The lowest BCUT2D eigenvalue weighted by atomic mass is 9.60. The van der Waals surface area contributed by atoms with E-state index in [4.69, 9.17) is 0 Å². The molecule has 6 heteroatoms. The van der Waals surface area contributed by atoms with Crippen molar-refractivity contribution in [2.75, 3.05) is 6.54 Å². The van der Waals surface area contributed by atoms with Crippen LogP contribution in [-0.2, 0) is 10.2 Å². The summed E-state index contributed by atoms with van der Waals surface area (Å²) in [6.07, 6.45) is -3.37. The number of hydrogen-bond acceptors (Lipinski definition) is 2. The molecule has 2 atom stereocenters. The lowest BCUT2D eigenvalue weighted by molar-refractivity contribution is -0.187. The van der Waals surface area contributed by atoms with E-state index in [2.05, 4.69) is 11.6 Å². The zero-order valence-corrected chi connectivity index (χ0v) is 12.4. The minimum absolute atomic E-state index is 0.0788. The predicted octanol–water partition coefficient (Wildman–Crippen LogP) is 3.52. The Kier molecular flexibility index (Phi) is 2.81. The molecule has 4 rings (SSSR count). The van der Waals surface area contributed by atoms with Gasteiger partial charge >= 0.3 is 12.1 Å². The molecule has 1 unspecified atom stereocenters. The molecule has 120 valence electrons. The maximum absolute atomic E-state index is 12.9. The summed E-state index contributed by atoms with van der Waals surface area (Å²) in [6.45, 7) is 4.26. The average molecular weight is 320 g/mol. The number of likely N-dealkylation sites (tertiary alicyclic amines) is 1. The zero-order valence-electron chi connectivity index (χ0n) is 12.4. The van der Waals surface area contributed by atoms with Crippen LogP contribution in [0.3, 0.4) is 0 Å². The van der Waals surface area contributed by atoms with E-state index >= 15 is 0 Å². The summed E-state index contributed by atoms with van der Waals surface area (Å²) in [5, 5.41) is 0. The molecule has 0 spiro atoms. The van der Waals surface area contributed by atoms with Crippen LogP contribution in [0.5, 0.6) is 0 Å². The van der Waals surface area contributed by atoms with Gasteiger partial charge in [0.05, 0.1) is 22.9 Å². The maximum atomic E-state index is 12.9. The SMILES string of the molecule is C=C1CCC2C3=Nc4ccccc4[C@]13CCN2C(=O)C(F)(F)F. The Hall–Kier alpha value is -2.11. The summed E-state index contributed by atoms with van der Waals surface area (Å²) in [7, 11) is 0. The van der Waals surface area contributed by atoms with Gasteiger partial charge in [0, 0.05) is 6.54 Å². The van der Waals surface area contributed by atoms with Crippen LogP contribution in [0.2, 0.25) is 0 Å². The number of fused-ring (bicyclic) bond motifs is 1. The highest BCUT2D eigenvalue weighted by Gasteiger charge is 2.58. The van der Waals surface area contributed by atoms with Crippen molar-refractivity contribution in [3.8, 4) is 0 Å². The Bertz CT molecular complexity index is 752. The van der Waals surface area contributed by atoms with E-state index in [0.717, 1.165) is 21.7 Å². The van der Waals surface area contributed by atoms with Crippen molar-refractivity contribution in [2.24, 2.45) is 4.99 Å². The molecule has 1 saturated carbocycles. The molecule has 1 amide bonds. The van der Waals surface area contributed by atoms with Crippen LogP contribution in [-0.4, -0.2) is 35.3 Å². The first-order chi connectivity index (χ1) is 10.9. The summed E-state index contributed by atoms with van der Waals surface area (Å²) in [5.41, 5.74) is 2.98. The first kappa shape index (κ1) is 14.5. The molecule has 1 aromatic rings. The number of allylic oxidation sites excluding steroid dienone is 1. The number of carbonyl (C=O) groups excluding carboxylic acids is 1. The van der Waals surface area contributed by atoms with Crippen LogP contribution in [0.1, 0.15) is 24.8 Å². The van der Waals surface area contributed by atoms with Crippen LogP contribution in [0.15, 0.2) is 41.4 Å². The smallest absolute Gasteiger partial charge is 0.326 e. The van der Waals surface area contributed by atoms with Crippen LogP contribution >= 0.6 is 0 Å². The van der Waals surface area contributed by atoms with Gasteiger partial charge in [-0.3, -0.25) is 9.79 Å². The third-order valence-corrected chi connectivity index (χ3v) is 5.29. The van der Waals surface area contributed by atoms with Crippen molar-refractivity contribution in [1.82, 2.24) is 4.90 Å². The summed E-state index contributed by atoms with van der Waals surface area (Å²) in [6, 6.07) is 7.03. The largest absolute Gasteiger partial charge is 0.471 e. The molecule has 2 aliphatic heterocycles. The fourth-order valence-electron chi connectivity index (χ4n) is 4.28. The zero-order chi connectivity index (χ0) is 16.4.